The maximum Gasteiger partial charge on any atom is 0.239 e. The number of benzene rings is 2. The van der Waals surface area contributed by atoms with Gasteiger partial charge in [-0.15, -0.1) is 0 Å². The molecule has 6 nitrogen and oxygen atoms in total. The van der Waals surface area contributed by atoms with E-state index in [1.807, 2.05) is 24.3 Å². The van der Waals surface area contributed by atoms with Gasteiger partial charge in [0.05, 0.1) is 24.6 Å². The first kappa shape index (κ1) is 19.8. The van der Waals surface area contributed by atoms with Gasteiger partial charge in [-0.05, 0) is 50.2 Å². The van der Waals surface area contributed by atoms with E-state index in [0.29, 0.717) is 24.6 Å². The number of halogens is 1. The summed E-state index contributed by atoms with van der Waals surface area (Å²) in [6, 6.07) is 12.9. The van der Waals surface area contributed by atoms with Crippen molar-refractivity contribution in [3.63, 3.8) is 0 Å². The average Bonchev–Trinajstić information content (AvgIpc) is 2.70. The van der Waals surface area contributed by atoms with Crippen LogP contribution in [0.25, 0.3) is 0 Å². The molecule has 2 aromatic carbocycles. The summed E-state index contributed by atoms with van der Waals surface area (Å²) in [7, 11) is 0. The van der Waals surface area contributed by atoms with Crippen molar-refractivity contribution in [3.05, 3.63) is 54.3 Å². The molecule has 1 aliphatic rings. The molecule has 0 aromatic heterocycles. The molecule has 1 fully saturated rings. The first-order valence-corrected chi connectivity index (χ1v) is 9.18. The molecule has 0 saturated carbocycles. The Morgan fingerprint density at radius 2 is 1.57 bits per heavy atom. The Labute approximate surface area is 163 Å². The predicted octanol–water partition coefficient (Wildman–Crippen LogP) is 3.27. The largest absolute Gasteiger partial charge is 0.378 e. The Morgan fingerprint density at radius 3 is 2.25 bits per heavy atom. The van der Waals surface area contributed by atoms with Crippen molar-refractivity contribution in [2.24, 2.45) is 5.41 Å². The van der Waals surface area contributed by atoms with Crippen LogP contribution in [0.3, 0.4) is 0 Å². The van der Waals surface area contributed by atoms with E-state index < -0.39 is 23.0 Å². The van der Waals surface area contributed by atoms with E-state index in [4.69, 9.17) is 4.74 Å². The summed E-state index contributed by atoms with van der Waals surface area (Å²) in [4.78, 5) is 27.7. The summed E-state index contributed by atoms with van der Waals surface area (Å²) < 4.78 is 18.4. The SMILES string of the molecule is CC(C)(C(=O)Nc1ccc(F)cc1)C(=O)Nc1ccccc1N1CCOCC1. The number of anilines is 3. The van der Waals surface area contributed by atoms with Crippen LogP contribution < -0.4 is 15.5 Å². The molecular weight excluding hydrogens is 361 g/mol. The number of para-hydroxylation sites is 2. The molecule has 0 unspecified atom stereocenters. The van der Waals surface area contributed by atoms with Crippen LogP contribution in [0.15, 0.2) is 48.5 Å². The van der Waals surface area contributed by atoms with Crippen LogP contribution in [-0.2, 0) is 14.3 Å². The molecule has 2 aromatic rings. The van der Waals surface area contributed by atoms with Crippen molar-refractivity contribution in [3.8, 4) is 0 Å². The predicted molar refractivity (Wildman–Crippen MR) is 107 cm³/mol. The molecule has 1 saturated heterocycles. The minimum atomic E-state index is -1.33. The van der Waals surface area contributed by atoms with Crippen molar-refractivity contribution in [1.82, 2.24) is 0 Å². The minimum absolute atomic E-state index is 0.394. The molecule has 28 heavy (non-hydrogen) atoms. The van der Waals surface area contributed by atoms with Crippen LogP contribution in [0.4, 0.5) is 21.5 Å². The van der Waals surface area contributed by atoms with Crippen molar-refractivity contribution in [1.29, 1.82) is 0 Å². The van der Waals surface area contributed by atoms with Crippen LogP contribution in [0.5, 0.6) is 0 Å². The Hall–Kier alpha value is -2.93. The highest BCUT2D eigenvalue weighted by molar-refractivity contribution is 6.14. The molecule has 0 spiro atoms. The summed E-state index contributed by atoms with van der Waals surface area (Å²) in [6.07, 6.45) is 0. The first-order valence-electron chi connectivity index (χ1n) is 9.18. The van der Waals surface area contributed by atoms with Gasteiger partial charge in [-0.1, -0.05) is 12.1 Å². The van der Waals surface area contributed by atoms with E-state index in [0.717, 1.165) is 18.8 Å². The number of carbonyl (C=O) groups excluding carboxylic acids is 2. The lowest BCUT2D eigenvalue weighted by atomic mass is 9.90. The normalized spacial score (nSPS) is 14.5. The minimum Gasteiger partial charge on any atom is -0.378 e. The lowest BCUT2D eigenvalue weighted by Gasteiger charge is -2.31. The van der Waals surface area contributed by atoms with Crippen molar-refractivity contribution in [2.45, 2.75) is 13.8 Å². The van der Waals surface area contributed by atoms with Gasteiger partial charge < -0.3 is 20.3 Å². The Morgan fingerprint density at radius 1 is 0.964 bits per heavy atom. The van der Waals surface area contributed by atoms with Crippen LogP contribution in [0, 0.1) is 11.2 Å². The zero-order valence-corrected chi connectivity index (χ0v) is 16.0. The maximum absolute atomic E-state index is 13.0. The molecule has 2 N–H and O–H groups in total. The molecule has 0 atom stereocenters. The highest BCUT2D eigenvalue weighted by Gasteiger charge is 2.36. The average molecular weight is 385 g/mol. The lowest BCUT2D eigenvalue weighted by molar-refractivity contribution is -0.135. The standard InChI is InChI=1S/C21H24FN3O3/c1-21(2,19(26)23-16-9-7-15(22)8-10-16)20(27)24-17-5-3-4-6-18(17)25-11-13-28-14-12-25/h3-10H,11-14H2,1-2H3,(H,23,26)(H,24,27). The number of nitrogens with zero attached hydrogens (tertiary/aromatic N) is 1. The smallest absolute Gasteiger partial charge is 0.239 e. The molecule has 2 amide bonds. The van der Waals surface area contributed by atoms with Gasteiger partial charge in [0.15, 0.2) is 0 Å². The van der Waals surface area contributed by atoms with Crippen LogP contribution in [-0.4, -0.2) is 38.1 Å². The van der Waals surface area contributed by atoms with E-state index in [1.165, 1.54) is 24.3 Å². The quantitative estimate of drug-likeness (QED) is 0.775. The van der Waals surface area contributed by atoms with Gasteiger partial charge >= 0.3 is 0 Å². The molecule has 148 valence electrons. The fourth-order valence-corrected chi connectivity index (χ4v) is 2.86. The van der Waals surface area contributed by atoms with Crippen LogP contribution >= 0.6 is 0 Å². The molecule has 7 heteroatoms. The number of rotatable bonds is 5. The van der Waals surface area contributed by atoms with E-state index >= 15 is 0 Å². The number of hydrogen-bond acceptors (Lipinski definition) is 4. The maximum atomic E-state index is 13.0. The number of nitrogens with one attached hydrogen (secondary N) is 2. The summed E-state index contributed by atoms with van der Waals surface area (Å²) in [6.45, 7) is 5.85. The van der Waals surface area contributed by atoms with E-state index in [2.05, 4.69) is 15.5 Å². The molecule has 1 aliphatic heterocycles. The molecule has 3 rings (SSSR count). The van der Waals surface area contributed by atoms with Gasteiger partial charge in [0.1, 0.15) is 11.2 Å². The summed E-state index contributed by atoms with van der Waals surface area (Å²) >= 11 is 0. The van der Waals surface area contributed by atoms with Gasteiger partial charge in [0.25, 0.3) is 0 Å². The fourth-order valence-electron chi connectivity index (χ4n) is 2.86. The van der Waals surface area contributed by atoms with Gasteiger partial charge in [0.2, 0.25) is 11.8 Å². The molecule has 0 radical (unpaired) electrons. The van der Waals surface area contributed by atoms with Crippen molar-refractivity contribution >= 4 is 28.9 Å². The summed E-state index contributed by atoms with van der Waals surface area (Å²) in [5.41, 5.74) is 0.652. The number of carbonyl (C=O) groups is 2. The third kappa shape index (κ3) is 4.48. The molecule has 0 bridgehead atoms. The van der Waals surface area contributed by atoms with E-state index in [1.54, 1.807) is 13.8 Å². The number of ether oxygens (including phenoxy) is 1. The fraction of sp³-hybridized carbons (Fsp3) is 0.333. The van der Waals surface area contributed by atoms with Gasteiger partial charge in [-0.3, -0.25) is 9.59 Å². The van der Waals surface area contributed by atoms with Gasteiger partial charge in [-0.25, -0.2) is 4.39 Å². The van der Waals surface area contributed by atoms with Crippen molar-refractivity contribution in [2.75, 3.05) is 41.8 Å². The van der Waals surface area contributed by atoms with Crippen LogP contribution in [0.1, 0.15) is 13.8 Å². The molecule has 0 aliphatic carbocycles. The Balaban J connectivity index is 1.72. The topological polar surface area (TPSA) is 70.7 Å². The monoisotopic (exact) mass is 385 g/mol. The second-order valence-corrected chi connectivity index (χ2v) is 7.16. The van der Waals surface area contributed by atoms with Crippen molar-refractivity contribution < 1.29 is 18.7 Å². The highest BCUT2D eigenvalue weighted by Crippen LogP contribution is 2.29. The van der Waals surface area contributed by atoms with Crippen LogP contribution in [0.2, 0.25) is 0 Å². The number of amides is 2. The molecular formula is C21H24FN3O3. The second-order valence-electron chi connectivity index (χ2n) is 7.16. The van der Waals surface area contributed by atoms with E-state index in [-0.39, 0.29) is 0 Å². The molecule has 1 heterocycles. The second kappa shape index (κ2) is 8.39. The Kier molecular flexibility index (Phi) is 5.94. The van der Waals surface area contributed by atoms with E-state index in [9.17, 15) is 14.0 Å². The number of morpholine rings is 1. The summed E-state index contributed by atoms with van der Waals surface area (Å²) in [5.74, 6) is -1.29. The third-order valence-corrected chi connectivity index (χ3v) is 4.74. The lowest BCUT2D eigenvalue weighted by Crippen LogP contribution is -2.42. The Bertz CT molecular complexity index is 846. The zero-order chi connectivity index (χ0) is 20.1. The third-order valence-electron chi connectivity index (χ3n) is 4.74. The van der Waals surface area contributed by atoms with Gasteiger partial charge in [-0.2, -0.15) is 0 Å². The zero-order valence-electron chi connectivity index (χ0n) is 16.0. The summed E-state index contributed by atoms with van der Waals surface area (Å²) in [5, 5.41) is 5.54. The first-order chi connectivity index (χ1) is 13.4. The highest BCUT2D eigenvalue weighted by atomic mass is 19.1. The number of hydrogen-bond donors (Lipinski definition) is 2. The van der Waals surface area contributed by atoms with Gasteiger partial charge in [0, 0.05) is 18.8 Å².